The zero-order chi connectivity index (χ0) is 14.5. The number of benzene rings is 1. The topological polar surface area (TPSA) is 66.4 Å². The van der Waals surface area contributed by atoms with Gasteiger partial charge in [-0.3, -0.25) is 0 Å². The van der Waals surface area contributed by atoms with Gasteiger partial charge in [0.05, 0.1) is 18.4 Å². The van der Waals surface area contributed by atoms with Gasteiger partial charge in [0, 0.05) is 12.3 Å². The molecule has 0 amide bonds. The molecule has 0 heterocycles. The van der Waals surface area contributed by atoms with E-state index < -0.39 is 9.84 Å². The fourth-order valence-electron chi connectivity index (χ4n) is 2.09. The molecule has 1 aromatic carbocycles. The Morgan fingerprint density at radius 2 is 1.84 bits per heavy atom. The Labute approximate surface area is 115 Å². The van der Waals surface area contributed by atoms with Gasteiger partial charge in [-0.05, 0) is 24.5 Å². The lowest BCUT2D eigenvalue weighted by molar-refractivity contribution is 0.237. The Hall–Kier alpha value is -0.910. The third-order valence-electron chi connectivity index (χ3n) is 3.01. The lowest BCUT2D eigenvalue weighted by atomic mass is 10.0. The summed E-state index contributed by atoms with van der Waals surface area (Å²) in [6, 6.07) is 7.57. The zero-order valence-electron chi connectivity index (χ0n) is 11.8. The molecular formula is C14H23NO3S. The van der Waals surface area contributed by atoms with Crippen molar-refractivity contribution < 1.29 is 13.5 Å². The van der Waals surface area contributed by atoms with Gasteiger partial charge in [0.25, 0.3) is 0 Å². The summed E-state index contributed by atoms with van der Waals surface area (Å²) in [6.45, 7) is 3.84. The number of aryl methyl sites for hydroxylation is 1. The predicted octanol–water partition coefficient (Wildman–Crippen LogP) is 1.31. The molecule has 0 radical (unpaired) electrons. The Morgan fingerprint density at radius 3 is 2.26 bits per heavy atom. The van der Waals surface area contributed by atoms with Crippen molar-refractivity contribution in [3.63, 3.8) is 0 Å². The fraction of sp³-hybridized carbons (Fsp3) is 0.571. The van der Waals surface area contributed by atoms with E-state index in [-0.39, 0.29) is 24.4 Å². The first-order valence-electron chi connectivity index (χ1n) is 6.49. The van der Waals surface area contributed by atoms with Gasteiger partial charge in [-0.15, -0.1) is 0 Å². The average molecular weight is 285 g/mol. The van der Waals surface area contributed by atoms with E-state index in [0.29, 0.717) is 0 Å². The maximum Gasteiger partial charge on any atom is 0.148 e. The average Bonchev–Trinajstić information content (AvgIpc) is 2.34. The minimum Gasteiger partial charge on any atom is -0.394 e. The van der Waals surface area contributed by atoms with Crippen LogP contribution in [0.3, 0.4) is 0 Å². The summed E-state index contributed by atoms with van der Waals surface area (Å²) in [5.41, 5.74) is 2.21. The van der Waals surface area contributed by atoms with Crippen LogP contribution in [-0.2, 0) is 16.3 Å². The maximum absolute atomic E-state index is 11.2. The number of aliphatic hydroxyl groups is 1. The highest BCUT2D eigenvalue weighted by Gasteiger charge is 2.16. The summed E-state index contributed by atoms with van der Waals surface area (Å²) >= 11 is 0. The first-order chi connectivity index (χ1) is 8.85. The van der Waals surface area contributed by atoms with Crippen molar-refractivity contribution in [2.24, 2.45) is 0 Å². The van der Waals surface area contributed by atoms with E-state index in [1.165, 1.54) is 11.8 Å². The minimum absolute atomic E-state index is 0.0560. The van der Waals surface area contributed by atoms with Crippen LogP contribution in [-0.4, -0.2) is 38.2 Å². The first-order valence-corrected chi connectivity index (χ1v) is 8.55. The molecule has 2 N–H and O–H groups in total. The normalized spacial score (nSPS) is 15.2. The van der Waals surface area contributed by atoms with Crippen LogP contribution in [0, 0.1) is 0 Å². The van der Waals surface area contributed by atoms with Crippen molar-refractivity contribution in [1.82, 2.24) is 5.32 Å². The summed E-state index contributed by atoms with van der Waals surface area (Å²) in [7, 11) is -3.01. The number of hydrogen-bond acceptors (Lipinski definition) is 4. The molecular weight excluding hydrogens is 262 g/mol. The molecule has 0 aliphatic carbocycles. The van der Waals surface area contributed by atoms with Gasteiger partial charge < -0.3 is 10.4 Å². The smallest absolute Gasteiger partial charge is 0.148 e. The second-order valence-corrected chi connectivity index (χ2v) is 7.18. The van der Waals surface area contributed by atoms with Crippen molar-refractivity contribution in [1.29, 1.82) is 0 Å². The molecule has 4 nitrogen and oxygen atoms in total. The van der Waals surface area contributed by atoms with Crippen molar-refractivity contribution in [2.75, 3.05) is 18.6 Å². The van der Waals surface area contributed by atoms with Gasteiger partial charge in [0.15, 0.2) is 0 Å². The molecule has 0 aliphatic heterocycles. The molecule has 19 heavy (non-hydrogen) atoms. The van der Waals surface area contributed by atoms with E-state index in [1.807, 2.05) is 31.2 Å². The SMILES string of the molecule is CCc1ccc(C(CO)NC(C)CS(C)(=O)=O)cc1. The van der Waals surface area contributed by atoms with Gasteiger partial charge in [-0.25, -0.2) is 8.42 Å². The molecule has 0 bridgehead atoms. The highest BCUT2D eigenvalue weighted by atomic mass is 32.2. The van der Waals surface area contributed by atoms with Crippen LogP contribution in [0.4, 0.5) is 0 Å². The molecule has 0 aromatic heterocycles. The van der Waals surface area contributed by atoms with Crippen LogP contribution < -0.4 is 5.32 Å². The van der Waals surface area contributed by atoms with Crippen LogP contribution in [0.25, 0.3) is 0 Å². The lowest BCUT2D eigenvalue weighted by Crippen LogP contribution is -2.37. The summed E-state index contributed by atoms with van der Waals surface area (Å²) in [6.07, 6.45) is 2.19. The second-order valence-electron chi connectivity index (χ2n) is 4.99. The van der Waals surface area contributed by atoms with Crippen molar-refractivity contribution >= 4 is 9.84 Å². The third kappa shape index (κ3) is 5.72. The Bertz CT molecular complexity index is 482. The van der Waals surface area contributed by atoms with Gasteiger partial charge in [0.2, 0.25) is 0 Å². The Balaban J connectivity index is 2.71. The standard InChI is InChI=1S/C14H23NO3S/c1-4-12-5-7-13(8-6-12)14(9-16)15-11(2)10-19(3,17)18/h5-8,11,14-16H,4,9-10H2,1-3H3. The van der Waals surface area contributed by atoms with E-state index in [2.05, 4.69) is 12.2 Å². The largest absolute Gasteiger partial charge is 0.394 e. The summed E-state index contributed by atoms with van der Waals surface area (Å²) < 4.78 is 22.5. The highest BCUT2D eigenvalue weighted by Crippen LogP contribution is 2.15. The molecule has 0 fully saturated rings. The molecule has 0 spiro atoms. The van der Waals surface area contributed by atoms with Gasteiger partial charge in [-0.1, -0.05) is 31.2 Å². The number of hydrogen-bond donors (Lipinski definition) is 2. The quantitative estimate of drug-likeness (QED) is 0.792. The molecule has 0 saturated carbocycles. The van der Waals surface area contributed by atoms with E-state index in [1.54, 1.807) is 0 Å². The molecule has 2 atom stereocenters. The van der Waals surface area contributed by atoms with Crippen LogP contribution in [0.5, 0.6) is 0 Å². The molecule has 1 rings (SSSR count). The Kier molecular flexibility index (Phi) is 5.97. The summed E-state index contributed by atoms with van der Waals surface area (Å²) in [5, 5.41) is 12.6. The van der Waals surface area contributed by atoms with Gasteiger partial charge in [-0.2, -0.15) is 0 Å². The van der Waals surface area contributed by atoms with Crippen LogP contribution >= 0.6 is 0 Å². The number of nitrogens with one attached hydrogen (secondary N) is 1. The van der Waals surface area contributed by atoms with E-state index in [4.69, 9.17) is 0 Å². The number of sulfone groups is 1. The predicted molar refractivity (Wildman–Crippen MR) is 78.0 cm³/mol. The molecule has 0 aliphatic rings. The lowest BCUT2D eigenvalue weighted by Gasteiger charge is -2.21. The third-order valence-corrected chi connectivity index (χ3v) is 4.12. The first kappa shape index (κ1) is 16.1. The highest BCUT2D eigenvalue weighted by molar-refractivity contribution is 7.90. The Morgan fingerprint density at radius 1 is 1.26 bits per heavy atom. The summed E-state index contributed by atoms with van der Waals surface area (Å²) in [5.74, 6) is 0.0660. The van der Waals surface area contributed by atoms with Gasteiger partial charge >= 0.3 is 0 Å². The molecule has 5 heteroatoms. The zero-order valence-corrected chi connectivity index (χ0v) is 12.6. The number of rotatable bonds is 7. The van der Waals surface area contributed by atoms with Crippen molar-refractivity contribution in [3.8, 4) is 0 Å². The maximum atomic E-state index is 11.2. The molecule has 1 aromatic rings. The fourth-order valence-corrected chi connectivity index (χ4v) is 3.09. The van der Waals surface area contributed by atoms with Gasteiger partial charge in [0.1, 0.15) is 9.84 Å². The van der Waals surface area contributed by atoms with Crippen LogP contribution in [0.15, 0.2) is 24.3 Å². The van der Waals surface area contributed by atoms with Crippen LogP contribution in [0.1, 0.15) is 31.0 Å². The molecule has 0 saturated heterocycles. The second kappa shape index (κ2) is 7.03. The van der Waals surface area contributed by atoms with E-state index >= 15 is 0 Å². The minimum atomic E-state index is -3.01. The van der Waals surface area contributed by atoms with E-state index in [0.717, 1.165) is 12.0 Å². The molecule has 108 valence electrons. The summed E-state index contributed by atoms with van der Waals surface area (Å²) in [4.78, 5) is 0. The van der Waals surface area contributed by atoms with Crippen molar-refractivity contribution in [3.05, 3.63) is 35.4 Å². The molecule has 2 unspecified atom stereocenters. The van der Waals surface area contributed by atoms with E-state index in [9.17, 15) is 13.5 Å². The number of aliphatic hydroxyl groups excluding tert-OH is 1. The van der Waals surface area contributed by atoms with Crippen molar-refractivity contribution in [2.45, 2.75) is 32.4 Å². The monoisotopic (exact) mass is 285 g/mol. The van der Waals surface area contributed by atoms with Crippen LogP contribution in [0.2, 0.25) is 0 Å².